The maximum Gasteiger partial charge on any atom is 0.253 e. The van der Waals surface area contributed by atoms with E-state index in [1.807, 2.05) is 0 Å². The van der Waals surface area contributed by atoms with Crippen LogP contribution < -0.4 is 10.9 Å². The Bertz CT molecular complexity index is 349. The normalized spacial score (nSPS) is 27.8. The van der Waals surface area contributed by atoms with Crippen molar-refractivity contribution in [1.82, 2.24) is 14.9 Å². The molecule has 0 spiro atoms. The van der Waals surface area contributed by atoms with Crippen molar-refractivity contribution in [1.29, 1.82) is 0 Å². The predicted molar refractivity (Wildman–Crippen MR) is 46.4 cm³/mol. The molecule has 0 saturated carbocycles. The van der Waals surface area contributed by atoms with Crippen LogP contribution in [0.3, 0.4) is 0 Å². The lowest BCUT2D eigenvalue weighted by atomic mass is 10.2. The van der Waals surface area contributed by atoms with Crippen LogP contribution in [0.4, 0.5) is 0 Å². The molecule has 1 fully saturated rings. The number of aliphatic hydroxyl groups is 1. The molecule has 1 aliphatic rings. The molecule has 70 valence electrons. The van der Waals surface area contributed by atoms with E-state index in [0.717, 1.165) is 0 Å². The predicted octanol–water partition coefficient (Wildman–Crippen LogP) is -1.25. The van der Waals surface area contributed by atoms with Crippen LogP contribution in [-0.2, 0) is 0 Å². The van der Waals surface area contributed by atoms with Crippen LogP contribution in [0.2, 0.25) is 0 Å². The van der Waals surface area contributed by atoms with Gasteiger partial charge in [-0.2, -0.15) is 0 Å². The summed E-state index contributed by atoms with van der Waals surface area (Å²) in [6.07, 6.45) is 2.42. The minimum absolute atomic E-state index is 0.122. The summed E-state index contributed by atoms with van der Waals surface area (Å²) >= 11 is 0. The summed E-state index contributed by atoms with van der Waals surface area (Å²) in [7, 11) is 0. The van der Waals surface area contributed by atoms with E-state index in [4.69, 9.17) is 0 Å². The first-order chi connectivity index (χ1) is 6.29. The third-order valence-electron chi connectivity index (χ3n) is 2.26. The van der Waals surface area contributed by atoms with Gasteiger partial charge in [-0.05, 0) is 0 Å². The number of hydrogen-bond acceptors (Lipinski definition) is 4. The van der Waals surface area contributed by atoms with Crippen molar-refractivity contribution < 1.29 is 5.11 Å². The van der Waals surface area contributed by atoms with Gasteiger partial charge in [-0.25, -0.2) is 4.98 Å². The summed E-state index contributed by atoms with van der Waals surface area (Å²) in [6, 6.07) is 1.21. The molecule has 2 N–H and O–H groups in total. The highest BCUT2D eigenvalue weighted by Gasteiger charge is 2.26. The standard InChI is InChI=1S/C8H11N3O2/c12-7-4-10-3-6(7)11-5-9-2-1-8(11)13/h1-2,5-7,10,12H,3-4H2. The highest BCUT2D eigenvalue weighted by atomic mass is 16.3. The quantitative estimate of drug-likeness (QED) is 0.568. The van der Waals surface area contributed by atoms with E-state index in [1.165, 1.54) is 23.2 Å². The third-order valence-corrected chi connectivity index (χ3v) is 2.26. The number of rotatable bonds is 1. The topological polar surface area (TPSA) is 67.2 Å². The zero-order chi connectivity index (χ0) is 9.26. The minimum atomic E-state index is -0.498. The van der Waals surface area contributed by atoms with Crippen molar-refractivity contribution in [2.45, 2.75) is 12.1 Å². The Labute approximate surface area is 75.0 Å². The van der Waals surface area contributed by atoms with E-state index in [2.05, 4.69) is 10.3 Å². The Morgan fingerprint density at radius 2 is 2.46 bits per heavy atom. The van der Waals surface area contributed by atoms with Gasteiger partial charge >= 0.3 is 0 Å². The lowest BCUT2D eigenvalue weighted by molar-refractivity contribution is 0.148. The Morgan fingerprint density at radius 3 is 3.08 bits per heavy atom. The van der Waals surface area contributed by atoms with Crippen molar-refractivity contribution in [2.24, 2.45) is 0 Å². The Balaban J connectivity index is 2.35. The number of nitrogens with zero attached hydrogens (tertiary/aromatic N) is 2. The Kier molecular flexibility index (Phi) is 2.12. The monoisotopic (exact) mass is 181 g/mol. The smallest absolute Gasteiger partial charge is 0.253 e. The Morgan fingerprint density at radius 1 is 1.62 bits per heavy atom. The summed E-state index contributed by atoms with van der Waals surface area (Å²) in [5, 5.41) is 12.5. The van der Waals surface area contributed by atoms with Crippen LogP contribution in [0.5, 0.6) is 0 Å². The number of nitrogens with one attached hydrogen (secondary N) is 1. The second-order valence-corrected chi connectivity index (χ2v) is 3.12. The van der Waals surface area contributed by atoms with Crippen LogP contribution in [0, 0.1) is 0 Å². The van der Waals surface area contributed by atoms with Crippen molar-refractivity contribution in [3.63, 3.8) is 0 Å². The Hall–Kier alpha value is -1.20. The van der Waals surface area contributed by atoms with Gasteiger partial charge in [0, 0.05) is 25.4 Å². The molecule has 1 aliphatic heterocycles. The number of hydrogen-bond donors (Lipinski definition) is 2. The van der Waals surface area contributed by atoms with Gasteiger partial charge in [0.05, 0.1) is 18.5 Å². The van der Waals surface area contributed by atoms with Crippen molar-refractivity contribution in [2.75, 3.05) is 13.1 Å². The fourth-order valence-corrected chi connectivity index (χ4v) is 1.54. The van der Waals surface area contributed by atoms with Gasteiger partial charge in [0.25, 0.3) is 5.56 Å². The zero-order valence-corrected chi connectivity index (χ0v) is 7.05. The van der Waals surface area contributed by atoms with Gasteiger partial charge in [-0.3, -0.25) is 9.36 Å². The maximum absolute atomic E-state index is 11.3. The summed E-state index contributed by atoms with van der Waals surface area (Å²) in [5.41, 5.74) is -0.122. The fourth-order valence-electron chi connectivity index (χ4n) is 1.54. The summed E-state index contributed by atoms with van der Waals surface area (Å²) in [5.74, 6) is 0. The molecule has 0 bridgehead atoms. The summed E-state index contributed by atoms with van der Waals surface area (Å²) in [6.45, 7) is 1.15. The van der Waals surface area contributed by atoms with Gasteiger partial charge in [0.2, 0.25) is 0 Å². The van der Waals surface area contributed by atoms with Crippen LogP contribution in [0.1, 0.15) is 6.04 Å². The van der Waals surface area contributed by atoms with Gasteiger partial charge < -0.3 is 10.4 Å². The highest BCUT2D eigenvalue weighted by Crippen LogP contribution is 2.12. The number of aromatic nitrogens is 2. The van der Waals surface area contributed by atoms with Crippen LogP contribution in [0.15, 0.2) is 23.4 Å². The first-order valence-electron chi connectivity index (χ1n) is 4.20. The molecular formula is C8H11N3O2. The molecular weight excluding hydrogens is 170 g/mol. The molecule has 2 unspecified atom stereocenters. The van der Waals surface area contributed by atoms with Crippen molar-refractivity contribution >= 4 is 0 Å². The second-order valence-electron chi connectivity index (χ2n) is 3.12. The largest absolute Gasteiger partial charge is 0.390 e. The molecule has 2 heterocycles. The average molecular weight is 181 g/mol. The van der Waals surface area contributed by atoms with Gasteiger partial charge in [0.1, 0.15) is 0 Å². The van der Waals surface area contributed by atoms with E-state index in [9.17, 15) is 9.90 Å². The minimum Gasteiger partial charge on any atom is -0.390 e. The molecule has 0 aromatic carbocycles. The average Bonchev–Trinajstić information content (AvgIpc) is 2.52. The molecule has 2 atom stereocenters. The third kappa shape index (κ3) is 1.48. The molecule has 1 aromatic heterocycles. The molecule has 1 aromatic rings. The van der Waals surface area contributed by atoms with Crippen LogP contribution >= 0.6 is 0 Å². The van der Waals surface area contributed by atoms with Gasteiger partial charge in [-0.15, -0.1) is 0 Å². The molecule has 5 nitrogen and oxygen atoms in total. The summed E-state index contributed by atoms with van der Waals surface area (Å²) in [4.78, 5) is 15.2. The maximum atomic E-state index is 11.3. The molecule has 0 amide bonds. The second kappa shape index (κ2) is 3.27. The number of β-amino-alcohol motifs (C(OH)–C–C–N with tert-alkyl or cyclic N) is 1. The molecule has 1 saturated heterocycles. The van der Waals surface area contributed by atoms with E-state index in [1.54, 1.807) is 0 Å². The first kappa shape index (κ1) is 8.40. The van der Waals surface area contributed by atoms with E-state index in [-0.39, 0.29) is 11.6 Å². The molecule has 13 heavy (non-hydrogen) atoms. The van der Waals surface area contributed by atoms with E-state index in [0.29, 0.717) is 13.1 Å². The lowest BCUT2D eigenvalue weighted by Gasteiger charge is -2.15. The lowest BCUT2D eigenvalue weighted by Crippen LogP contribution is -2.31. The SMILES string of the molecule is O=c1ccncn1C1CNCC1O. The summed E-state index contributed by atoms with van der Waals surface area (Å²) < 4.78 is 1.46. The van der Waals surface area contributed by atoms with E-state index >= 15 is 0 Å². The van der Waals surface area contributed by atoms with Crippen LogP contribution in [0.25, 0.3) is 0 Å². The molecule has 2 rings (SSSR count). The molecule has 0 aliphatic carbocycles. The van der Waals surface area contributed by atoms with Crippen molar-refractivity contribution in [3.05, 3.63) is 28.9 Å². The molecule has 0 radical (unpaired) electrons. The number of aliphatic hydroxyl groups excluding tert-OH is 1. The zero-order valence-electron chi connectivity index (χ0n) is 7.05. The van der Waals surface area contributed by atoms with Gasteiger partial charge in [-0.1, -0.05) is 0 Å². The fraction of sp³-hybridized carbons (Fsp3) is 0.500. The van der Waals surface area contributed by atoms with Crippen molar-refractivity contribution in [3.8, 4) is 0 Å². The van der Waals surface area contributed by atoms with Gasteiger partial charge in [0.15, 0.2) is 0 Å². The van der Waals surface area contributed by atoms with Crippen LogP contribution in [-0.4, -0.2) is 33.9 Å². The highest BCUT2D eigenvalue weighted by molar-refractivity contribution is 4.92. The molecule has 5 heteroatoms. The van der Waals surface area contributed by atoms with E-state index < -0.39 is 6.10 Å². The first-order valence-corrected chi connectivity index (χ1v) is 4.20.